The number of benzene rings is 2. The van der Waals surface area contributed by atoms with Crippen LogP contribution < -0.4 is 10.1 Å². The fourth-order valence-electron chi connectivity index (χ4n) is 2.66. The summed E-state index contributed by atoms with van der Waals surface area (Å²) in [5, 5.41) is 16.9. The van der Waals surface area contributed by atoms with Gasteiger partial charge in [-0.3, -0.25) is 4.79 Å². The van der Waals surface area contributed by atoms with E-state index in [0.717, 1.165) is 11.3 Å². The first kappa shape index (κ1) is 19.2. The Bertz CT molecular complexity index is 1160. The van der Waals surface area contributed by atoms with E-state index in [4.69, 9.17) is 16.3 Å². The molecule has 0 saturated heterocycles. The number of thioether (sulfide) groups is 1. The Morgan fingerprint density at radius 1 is 1.14 bits per heavy atom. The van der Waals surface area contributed by atoms with E-state index in [9.17, 15) is 4.79 Å². The number of carbonyl (C=O) groups excluding carboxylic acids is 1. The summed E-state index contributed by atoms with van der Waals surface area (Å²) in [5.74, 6) is 0.692. The molecule has 7 nitrogen and oxygen atoms in total. The highest BCUT2D eigenvalue weighted by Gasteiger charge is 2.12. The minimum Gasteiger partial charge on any atom is -0.497 e. The standard InChI is InChI=1S/C20H16ClN5O2S/c1-28-16-4-2-3-15(11-16)22-19(27)12-29-20-24-23-18-10-9-17(25-26(18)20)13-5-7-14(21)8-6-13/h2-11H,12H2,1H3,(H,22,27). The van der Waals surface area contributed by atoms with Crippen LogP contribution in [0.5, 0.6) is 5.75 Å². The molecule has 1 N–H and O–H groups in total. The Kier molecular flexibility index (Phi) is 5.64. The molecule has 4 rings (SSSR count). The summed E-state index contributed by atoms with van der Waals surface area (Å²) in [7, 11) is 1.58. The average molecular weight is 426 g/mol. The van der Waals surface area contributed by atoms with Gasteiger partial charge in [-0.25, -0.2) is 0 Å². The van der Waals surface area contributed by atoms with Crippen molar-refractivity contribution in [3.63, 3.8) is 0 Å². The lowest BCUT2D eigenvalue weighted by molar-refractivity contribution is -0.113. The van der Waals surface area contributed by atoms with E-state index in [1.165, 1.54) is 11.8 Å². The molecule has 0 fully saturated rings. The van der Waals surface area contributed by atoms with E-state index in [2.05, 4.69) is 20.6 Å². The zero-order valence-corrected chi connectivity index (χ0v) is 16.9. The van der Waals surface area contributed by atoms with Crippen LogP contribution in [0.15, 0.2) is 65.8 Å². The third kappa shape index (κ3) is 4.49. The number of nitrogens with one attached hydrogen (secondary N) is 1. The van der Waals surface area contributed by atoms with Crippen LogP contribution in [0.2, 0.25) is 5.02 Å². The van der Waals surface area contributed by atoms with Crippen molar-refractivity contribution in [1.29, 1.82) is 0 Å². The van der Waals surface area contributed by atoms with E-state index < -0.39 is 0 Å². The van der Waals surface area contributed by atoms with Crippen LogP contribution in [-0.2, 0) is 4.79 Å². The number of aromatic nitrogens is 4. The van der Waals surface area contributed by atoms with Gasteiger partial charge in [-0.15, -0.1) is 10.2 Å². The van der Waals surface area contributed by atoms with Gasteiger partial charge >= 0.3 is 0 Å². The second kappa shape index (κ2) is 8.50. The zero-order valence-electron chi connectivity index (χ0n) is 15.4. The van der Waals surface area contributed by atoms with Gasteiger partial charge < -0.3 is 10.1 Å². The van der Waals surface area contributed by atoms with E-state index in [0.29, 0.717) is 27.3 Å². The average Bonchev–Trinajstić information content (AvgIpc) is 3.15. The number of hydrogen-bond acceptors (Lipinski definition) is 6. The molecular weight excluding hydrogens is 410 g/mol. The lowest BCUT2D eigenvalue weighted by atomic mass is 10.1. The summed E-state index contributed by atoms with van der Waals surface area (Å²) < 4.78 is 6.80. The van der Waals surface area contributed by atoms with Crippen molar-refractivity contribution in [3.8, 4) is 17.0 Å². The number of carbonyl (C=O) groups is 1. The largest absolute Gasteiger partial charge is 0.497 e. The number of anilines is 1. The molecule has 29 heavy (non-hydrogen) atoms. The van der Waals surface area contributed by atoms with Crippen LogP contribution in [-0.4, -0.2) is 38.6 Å². The van der Waals surface area contributed by atoms with Gasteiger partial charge in [-0.1, -0.05) is 41.6 Å². The number of ether oxygens (including phenoxy) is 1. The highest BCUT2D eigenvalue weighted by atomic mass is 35.5. The summed E-state index contributed by atoms with van der Waals surface area (Å²) in [4.78, 5) is 12.3. The second-order valence-electron chi connectivity index (χ2n) is 6.05. The van der Waals surface area contributed by atoms with Crippen LogP contribution in [0.4, 0.5) is 5.69 Å². The SMILES string of the molecule is COc1cccc(NC(=O)CSc2nnc3ccc(-c4ccc(Cl)cc4)nn23)c1. The summed E-state index contributed by atoms with van der Waals surface area (Å²) in [5.41, 5.74) is 2.97. The van der Waals surface area contributed by atoms with Gasteiger partial charge in [0.2, 0.25) is 11.1 Å². The van der Waals surface area contributed by atoms with Crippen LogP contribution in [0.3, 0.4) is 0 Å². The van der Waals surface area contributed by atoms with Crippen molar-refractivity contribution in [2.24, 2.45) is 0 Å². The fraction of sp³-hybridized carbons (Fsp3) is 0.100. The zero-order chi connectivity index (χ0) is 20.2. The molecule has 146 valence electrons. The van der Waals surface area contributed by atoms with Gasteiger partial charge in [0, 0.05) is 22.3 Å². The molecule has 2 heterocycles. The van der Waals surface area contributed by atoms with Crippen molar-refractivity contribution >= 4 is 40.6 Å². The molecule has 9 heteroatoms. The molecular formula is C20H16ClN5O2S. The third-order valence-electron chi connectivity index (χ3n) is 4.06. The van der Waals surface area contributed by atoms with Gasteiger partial charge in [0.15, 0.2) is 5.65 Å². The normalized spacial score (nSPS) is 10.8. The highest BCUT2D eigenvalue weighted by Crippen LogP contribution is 2.23. The van der Waals surface area contributed by atoms with Crippen molar-refractivity contribution in [2.45, 2.75) is 5.16 Å². The molecule has 0 radical (unpaired) electrons. The van der Waals surface area contributed by atoms with E-state index >= 15 is 0 Å². The van der Waals surface area contributed by atoms with Crippen LogP contribution >= 0.6 is 23.4 Å². The van der Waals surface area contributed by atoms with Gasteiger partial charge in [0.05, 0.1) is 18.6 Å². The van der Waals surface area contributed by atoms with Crippen LogP contribution in [0.1, 0.15) is 0 Å². The molecule has 0 spiro atoms. The first-order valence-electron chi connectivity index (χ1n) is 8.67. The number of rotatable bonds is 6. The number of methoxy groups -OCH3 is 1. The molecule has 4 aromatic rings. The molecule has 0 atom stereocenters. The molecule has 2 aromatic heterocycles. The minimum atomic E-state index is -0.158. The first-order valence-corrected chi connectivity index (χ1v) is 10.0. The van der Waals surface area contributed by atoms with E-state index in [-0.39, 0.29) is 11.7 Å². The Morgan fingerprint density at radius 3 is 2.76 bits per heavy atom. The lowest BCUT2D eigenvalue weighted by Gasteiger charge is -2.06. The Morgan fingerprint density at radius 2 is 1.97 bits per heavy atom. The van der Waals surface area contributed by atoms with Crippen molar-refractivity contribution < 1.29 is 9.53 Å². The summed E-state index contributed by atoms with van der Waals surface area (Å²) in [6.07, 6.45) is 0. The molecule has 0 saturated carbocycles. The molecule has 2 aromatic carbocycles. The Labute approximate surface area is 176 Å². The Hall–Kier alpha value is -3.10. The summed E-state index contributed by atoms with van der Waals surface area (Å²) in [6.45, 7) is 0. The highest BCUT2D eigenvalue weighted by molar-refractivity contribution is 7.99. The maximum Gasteiger partial charge on any atom is 0.234 e. The summed E-state index contributed by atoms with van der Waals surface area (Å²) in [6, 6.07) is 18.3. The molecule has 0 aliphatic heterocycles. The first-order chi connectivity index (χ1) is 14.1. The number of amides is 1. The van der Waals surface area contributed by atoms with Crippen molar-refractivity contribution in [3.05, 3.63) is 65.7 Å². The monoisotopic (exact) mass is 425 g/mol. The quantitative estimate of drug-likeness (QED) is 0.466. The molecule has 0 bridgehead atoms. The maximum absolute atomic E-state index is 12.3. The van der Waals surface area contributed by atoms with Crippen molar-refractivity contribution in [1.82, 2.24) is 19.8 Å². The smallest absolute Gasteiger partial charge is 0.234 e. The molecule has 0 unspecified atom stereocenters. The molecule has 0 aliphatic rings. The van der Waals surface area contributed by atoms with Crippen LogP contribution in [0, 0.1) is 0 Å². The fourth-order valence-corrected chi connectivity index (χ4v) is 3.48. The van der Waals surface area contributed by atoms with Gasteiger partial charge in [0.25, 0.3) is 0 Å². The number of fused-ring (bicyclic) bond motifs is 1. The van der Waals surface area contributed by atoms with Gasteiger partial charge in [-0.2, -0.15) is 9.61 Å². The lowest BCUT2D eigenvalue weighted by Crippen LogP contribution is -2.14. The second-order valence-corrected chi connectivity index (χ2v) is 7.43. The van der Waals surface area contributed by atoms with Gasteiger partial charge in [-0.05, 0) is 36.4 Å². The van der Waals surface area contributed by atoms with Crippen molar-refractivity contribution in [2.75, 3.05) is 18.2 Å². The maximum atomic E-state index is 12.3. The Balaban J connectivity index is 1.48. The molecule has 0 aliphatic carbocycles. The predicted molar refractivity (Wildman–Crippen MR) is 114 cm³/mol. The third-order valence-corrected chi connectivity index (χ3v) is 5.23. The number of nitrogens with zero attached hydrogens (tertiary/aromatic N) is 4. The predicted octanol–water partition coefficient (Wildman–Crippen LogP) is 4.18. The number of halogens is 1. The van der Waals surface area contributed by atoms with Crippen LogP contribution in [0.25, 0.3) is 16.9 Å². The minimum absolute atomic E-state index is 0.158. The van der Waals surface area contributed by atoms with Gasteiger partial charge in [0.1, 0.15) is 5.75 Å². The molecule has 1 amide bonds. The van der Waals surface area contributed by atoms with E-state index in [1.54, 1.807) is 23.8 Å². The van der Waals surface area contributed by atoms with E-state index in [1.807, 2.05) is 48.5 Å². The number of hydrogen-bond donors (Lipinski definition) is 1. The summed E-state index contributed by atoms with van der Waals surface area (Å²) >= 11 is 7.22. The topological polar surface area (TPSA) is 81.4 Å².